The van der Waals surface area contributed by atoms with Gasteiger partial charge in [-0.2, -0.15) is 4.39 Å². The zero-order chi connectivity index (χ0) is 11.5. The summed E-state index contributed by atoms with van der Waals surface area (Å²) >= 11 is 0. The van der Waals surface area contributed by atoms with Gasteiger partial charge in [-0.3, -0.25) is 4.79 Å². The Hall–Kier alpha value is -2.10. The highest BCUT2D eigenvalue weighted by atomic mass is 19.1. The maximum Gasteiger partial charge on any atom is 0.221 e. The number of hydrogen-bond acceptors (Lipinski definition) is 2. The van der Waals surface area contributed by atoms with Crippen LogP contribution in [0.15, 0.2) is 36.4 Å². The van der Waals surface area contributed by atoms with Crippen LogP contribution in [0.3, 0.4) is 0 Å². The van der Waals surface area contributed by atoms with E-state index in [1.54, 1.807) is 6.07 Å². The molecule has 0 unspecified atom stereocenters. The number of halogens is 2. The van der Waals surface area contributed by atoms with Gasteiger partial charge in [-0.05, 0) is 18.2 Å². The van der Waals surface area contributed by atoms with Crippen LogP contribution in [0, 0.1) is 11.8 Å². The predicted octanol–water partition coefficient (Wildman–Crippen LogP) is 2.84. The van der Waals surface area contributed by atoms with Gasteiger partial charge in [-0.25, -0.2) is 9.37 Å². The van der Waals surface area contributed by atoms with Gasteiger partial charge in [-0.1, -0.05) is 18.2 Å². The Balaban J connectivity index is 2.57. The van der Waals surface area contributed by atoms with Crippen molar-refractivity contribution in [2.45, 2.75) is 0 Å². The standard InChI is InChI=1S/C12H7F2NO/c13-11-4-2-1-3-9(11)10-6-5-8(7-16)15-12(10)14/h1-7H. The van der Waals surface area contributed by atoms with E-state index >= 15 is 0 Å². The van der Waals surface area contributed by atoms with Crippen LogP contribution in [0.2, 0.25) is 0 Å². The van der Waals surface area contributed by atoms with E-state index in [0.29, 0.717) is 6.29 Å². The maximum absolute atomic E-state index is 13.5. The molecule has 16 heavy (non-hydrogen) atoms. The first-order chi connectivity index (χ1) is 7.72. The monoisotopic (exact) mass is 219 g/mol. The van der Waals surface area contributed by atoms with E-state index in [-0.39, 0.29) is 16.8 Å². The molecule has 0 N–H and O–H groups in total. The fourth-order valence-corrected chi connectivity index (χ4v) is 1.39. The fraction of sp³-hybridized carbons (Fsp3) is 0. The molecular weight excluding hydrogens is 212 g/mol. The van der Waals surface area contributed by atoms with Crippen molar-refractivity contribution in [3.63, 3.8) is 0 Å². The Kier molecular flexibility index (Phi) is 2.72. The summed E-state index contributed by atoms with van der Waals surface area (Å²) in [6, 6.07) is 8.50. The van der Waals surface area contributed by atoms with Crippen molar-refractivity contribution in [1.29, 1.82) is 0 Å². The van der Waals surface area contributed by atoms with E-state index in [1.165, 1.54) is 30.3 Å². The molecule has 2 nitrogen and oxygen atoms in total. The lowest BCUT2D eigenvalue weighted by molar-refractivity contribution is 0.111. The van der Waals surface area contributed by atoms with Gasteiger partial charge in [0.05, 0.1) is 0 Å². The summed E-state index contributed by atoms with van der Waals surface area (Å²) in [5.41, 5.74) is 0.159. The Labute approximate surface area is 90.6 Å². The first kappa shape index (κ1) is 10.4. The quantitative estimate of drug-likeness (QED) is 0.574. The molecule has 1 aromatic heterocycles. The molecule has 0 aliphatic rings. The van der Waals surface area contributed by atoms with Crippen LogP contribution < -0.4 is 0 Å². The molecular formula is C12H7F2NO. The molecule has 0 amide bonds. The van der Waals surface area contributed by atoms with Crippen molar-refractivity contribution in [1.82, 2.24) is 4.98 Å². The fourth-order valence-electron chi connectivity index (χ4n) is 1.39. The molecule has 0 aliphatic carbocycles. The van der Waals surface area contributed by atoms with E-state index in [9.17, 15) is 13.6 Å². The summed E-state index contributed by atoms with van der Waals surface area (Å²) in [6.45, 7) is 0. The molecule has 0 saturated heterocycles. The number of aldehydes is 1. The lowest BCUT2D eigenvalue weighted by Gasteiger charge is -2.04. The minimum atomic E-state index is -0.852. The molecule has 0 radical (unpaired) electrons. The van der Waals surface area contributed by atoms with Crippen LogP contribution in [0.4, 0.5) is 8.78 Å². The van der Waals surface area contributed by atoms with Gasteiger partial charge in [0.25, 0.3) is 0 Å². The normalized spacial score (nSPS) is 10.1. The first-order valence-corrected chi connectivity index (χ1v) is 4.59. The first-order valence-electron chi connectivity index (χ1n) is 4.59. The van der Waals surface area contributed by atoms with E-state index < -0.39 is 11.8 Å². The summed E-state index contributed by atoms with van der Waals surface area (Å²) < 4.78 is 26.8. The molecule has 80 valence electrons. The Morgan fingerprint density at radius 1 is 1.00 bits per heavy atom. The van der Waals surface area contributed by atoms with Gasteiger partial charge in [0.1, 0.15) is 11.5 Å². The molecule has 1 aromatic carbocycles. The Bertz CT molecular complexity index is 540. The van der Waals surface area contributed by atoms with Gasteiger partial charge in [0.2, 0.25) is 5.95 Å². The lowest BCUT2D eigenvalue weighted by Crippen LogP contribution is -1.95. The van der Waals surface area contributed by atoms with Crippen LogP contribution in [-0.2, 0) is 0 Å². The number of nitrogens with zero attached hydrogens (tertiary/aromatic N) is 1. The SMILES string of the molecule is O=Cc1ccc(-c2ccccc2F)c(F)n1. The van der Waals surface area contributed by atoms with Crippen LogP contribution >= 0.6 is 0 Å². The molecule has 1 heterocycles. The van der Waals surface area contributed by atoms with Crippen LogP contribution in [0.1, 0.15) is 10.5 Å². The molecule has 4 heteroatoms. The second-order valence-electron chi connectivity index (χ2n) is 3.17. The van der Waals surface area contributed by atoms with Gasteiger partial charge in [0, 0.05) is 11.1 Å². The highest BCUT2D eigenvalue weighted by Crippen LogP contribution is 2.24. The molecule has 2 aromatic rings. The molecule has 0 atom stereocenters. The van der Waals surface area contributed by atoms with E-state index in [1.807, 2.05) is 0 Å². The number of pyridine rings is 1. The Morgan fingerprint density at radius 2 is 1.75 bits per heavy atom. The van der Waals surface area contributed by atoms with E-state index in [4.69, 9.17) is 0 Å². The summed E-state index contributed by atoms with van der Waals surface area (Å²) in [6.07, 6.45) is 0.439. The number of aromatic nitrogens is 1. The highest BCUT2D eigenvalue weighted by molar-refractivity contribution is 5.73. The smallest absolute Gasteiger partial charge is 0.221 e. The third-order valence-electron chi connectivity index (χ3n) is 2.16. The number of hydrogen-bond donors (Lipinski definition) is 0. The second kappa shape index (κ2) is 4.18. The van der Waals surface area contributed by atoms with Crippen molar-refractivity contribution in [2.75, 3.05) is 0 Å². The third-order valence-corrected chi connectivity index (χ3v) is 2.16. The zero-order valence-electron chi connectivity index (χ0n) is 8.15. The van der Waals surface area contributed by atoms with Crippen molar-refractivity contribution in [3.8, 4) is 11.1 Å². The van der Waals surface area contributed by atoms with Crippen molar-refractivity contribution in [2.24, 2.45) is 0 Å². The number of carbonyl (C=O) groups excluding carboxylic acids is 1. The van der Waals surface area contributed by atoms with Crippen LogP contribution in [-0.4, -0.2) is 11.3 Å². The number of benzene rings is 1. The molecule has 2 rings (SSSR count). The lowest BCUT2D eigenvalue weighted by atomic mass is 10.1. The maximum atomic E-state index is 13.5. The molecule has 0 bridgehead atoms. The molecule has 0 fully saturated rings. The summed E-state index contributed by atoms with van der Waals surface area (Å²) in [7, 11) is 0. The van der Waals surface area contributed by atoms with Gasteiger partial charge in [-0.15, -0.1) is 0 Å². The van der Waals surface area contributed by atoms with Gasteiger partial charge < -0.3 is 0 Å². The number of rotatable bonds is 2. The second-order valence-corrected chi connectivity index (χ2v) is 3.17. The minimum absolute atomic E-state index is 0.0161. The largest absolute Gasteiger partial charge is 0.296 e. The third kappa shape index (κ3) is 1.82. The molecule has 0 saturated carbocycles. The average Bonchev–Trinajstić information content (AvgIpc) is 2.30. The predicted molar refractivity (Wildman–Crippen MR) is 55.0 cm³/mol. The highest BCUT2D eigenvalue weighted by Gasteiger charge is 2.10. The van der Waals surface area contributed by atoms with Crippen LogP contribution in [0.25, 0.3) is 11.1 Å². The van der Waals surface area contributed by atoms with Crippen molar-refractivity contribution in [3.05, 3.63) is 53.9 Å². The van der Waals surface area contributed by atoms with E-state index in [0.717, 1.165) is 0 Å². The van der Waals surface area contributed by atoms with Gasteiger partial charge >= 0.3 is 0 Å². The molecule has 0 aliphatic heterocycles. The summed E-state index contributed by atoms with van der Waals surface area (Å²) in [4.78, 5) is 13.8. The van der Waals surface area contributed by atoms with Crippen LogP contribution in [0.5, 0.6) is 0 Å². The zero-order valence-corrected chi connectivity index (χ0v) is 8.15. The Morgan fingerprint density at radius 3 is 2.38 bits per heavy atom. The topological polar surface area (TPSA) is 30.0 Å². The van der Waals surface area contributed by atoms with Crippen molar-refractivity contribution >= 4 is 6.29 Å². The van der Waals surface area contributed by atoms with Crippen molar-refractivity contribution < 1.29 is 13.6 Å². The van der Waals surface area contributed by atoms with Gasteiger partial charge in [0.15, 0.2) is 6.29 Å². The summed E-state index contributed by atoms with van der Waals surface area (Å²) in [5.74, 6) is -1.38. The minimum Gasteiger partial charge on any atom is -0.296 e. The van der Waals surface area contributed by atoms with E-state index in [2.05, 4.69) is 4.98 Å². The number of carbonyl (C=O) groups is 1. The molecule has 0 spiro atoms. The average molecular weight is 219 g/mol. The summed E-state index contributed by atoms with van der Waals surface area (Å²) in [5, 5.41) is 0.